The van der Waals surface area contributed by atoms with Crippen LogP contribution in [0, 0.1) is 17.0 Å². The number of nitrogens with one attached hydrogen (secondary N) is 1. The molecule has 1 fully saturated rings. The van der Waals surface area contributed by atoms with E-state index in [-0.39, 0.29) is 22.7 Å². The predicted octanol–water partition coefficient (Wildman–Crippen LogP) is 1.45. The Morgan fingerprint density at radius 2 is 2.00 bits per heavy atom. The third-order valence-corrected chi connectivity index (χ3v) is 5.30. The van der Waals surface area contributed by atoms with Crippen LogP contribution in [0.1, 0.15) is 31.2 Å². The van der Waals surface area contributed by atoms with Crippen molar-refractivity contribution < 1.29 is 13.3 Å². The Morgan fingerprint density at radius 1 is 1.33 bits per heavy atom. The van der Waals surface area contributed by atoms with E-state index in [4.69, 9.17) is 5.73 Å². The quantitative estimate of drug-likeness (QED) is 0.645. The highest BCUT2D eigenvalue weighted by atomic mass is 32.2. The Labute approximate surface area is 123 Å². The van der Waals surface area contributed by atoms with Gasteiger partial charge in [0.15, 0.2) is 0 Å². The average Bonchev–Trinajstić information content (AvgIpc) is 2.41. The molecule has 3 N–H and O–H groups in total. The fraction of sp³-hybridized carbons (Fsp3) is 0.538. The molecule has 2 rings (SSSR count). The van der Waals surface area contributed by atoms with E-state index < -0.39 is 14.9 Å². The van der Waals surface area contributed by atoms with Crippen molar-refractivity contribution in [2.24, 2.45) is 5.73 Å². The lowest BCUT2D eigenvalue weighted by molar-refractivity contribution is -0.385. The Balaban J connectivity index is 2.27. The van der Waals surface area contributed by atoms with E-state index in [1.54, 1.807) is 6.92 Å². The maximum Gasteiger partial charge on any atom is 0.273 e. The summed E-state index contributed by atoms with van der Waals surface area (Å²) in [6.07, 6.45) is 3.39. The van der Waals surface area contributed by atoms with Crippen LogP contribution < -0.4 is 10.5 Å². The van der Waals surface area contributed by atoms with Gasteiger partial charge in [-0.25, -0.2) is 13.1 Å². The molecular formula is C13H19N3O4S. The summed E-state index contributed by atoms with van der Waals surface area (Å²) >= 11 is 0. The number of benzene rings is 1. The van der Waals surface area contributed by atoms with Gasteiger partial charge in [0.05, 0.1) is 9.82 Å². The molecule has 1 aromatic carbocycles. The first-order chi connectivity index (χ1) is 9.81. The topological polar surface area (TPSA) is 115 Å². The summed E-state index contributed by atoms with van der Waals surface area (Å²) in [5, 5.41) is 10.9. The Bertz CT molecular complexity index is 645. The highest BCUT2D eigenvalue weighted by Gasteiger charge is 2.28. The Kier molecular flexibility index (Phi) is 4.60. The Hall–Kier alpha value is -1.51. The van der Waals surface area contributed by atoms with E-state index in [9.17, 15) is 18.5 Å². The van der Waals surface area contributed by atoms with Gasteiger partial charge in [-0.1, -0.05) is 18.9 Å². The van der Waals surface area contributed by atoms with Crippen molar-refractivity contribution in [1.29, 1.82) is 0 Å². The van der Waals surface area contributed by atoms with Gasteiger partial charge >= 0.3 is 0 Å². The minimum Gasteiger partial charge on any atom is -0.326 e. The first kappa shape index (κ1) is 15.9. The first-order valence-electron chi connectivity index (χ1n) is 6.84. The summed E-state index contributed by atoms with van der Waals surface area (Å²) in [7, 11) is -3.80. The molecule has 1 aromatic rings. The highest BCUT2D eigenvalue weighted by molar-refractivity contribution is 7.89. The van der Waals surface area contributed by atoms with Crippen molar-refractivity contribution in [1.82, 2.24) is 4.72 Å². The van der Waals surface area contributed by atoms with Gasteiger partial charge in [-0.3, -0.25) is 10.1 Å². The summed E-state index contributed by atoms with van der Waals surface area (Å²) in [6.45, 7) is 1.57. The number of hydrogen-bond acceptors (Lipinski definition) is 5. The minimum absolute atomic E-state index is 0.0995. The smallest absolute Gasteiger partial charge is 0.273 e. The van der Waals surface area contributed by atoms with Crippen LogP contribution in [0.3, 0.4) is 0 Å². The van der Waals surface area contributed by atoms with Gasteiger partial charge in [0.2, 0.25) is 10.0 Å². The number of nitrogens with two attached hydrogens (primary N) is 1. The second-order valence-corrected chi connectivity index (χ2v) is 7.10. The zero-order valence-electron chi connectivity index (χ0n) is 11.8. The summed E-state index contributed by atoms with van der Waals surface area (Å²) in [5.74, 6) is 0. The molecule has 2 atom stereocenters. The number of rotatable bonds is 4. The van der Waals surface area contributed by atoms with E-state index in [1.165, 1.54) is 12.1 Å². The average molecular weight is 313 g/mol. The molecule has 0 unspecified atom stereocenters. The van der Waals surface area contributed by atoms with Crippen LogP contribution in [0.5, 0.6) is 0 Å². The predicted molar refractivity (Wildman–Crippen MR) is 78.4 cm³/mol. The second-order valence-electron chi connectivity index (χ2n) is 5.38. The number of aryl methyl sites for hydroxylation is 1. The maximum absolute atomic E-state index is 12.3. The van der Waals surface area contributed by atoms with Gasteiger partial charge in [-0.05, 0) is 25.8 Å². The molecule has 21 heavy (non-hydrogen) atoms. The number of nitro benzene ring substituents is 1. The number of sulfonamides is 1. The molecule has 116 valence electrons. The van der Waals surface area contributed by atoms with Crippen LogP contribution in [0.25, 0.3) is 0 Å². The van der Waals surface area contributed by atoms with Crippen LogP contribution in [0.15, 0.2) is 23.1 Å². The molecular weight excluding hydrogens is 294 g/mol. The number of nitrogens with zero attached hydrogens (tertiary/aromatic N) is 1. The number of nitro groups is 1. The van der Waals surface area contributed by atoms with Crippen molar-refractivity contribution in [2.75, 3.05) is 0 Å². The van der Waals surface area contributed by atoms with Crippen LogP contribution in [0.4, 0.5) is 5.69 Å². The molecule has 0 bridgehead atoms. The zero-order valence-corrected chi connectivity index (χ0v) is 12.6. The summed E-state index contributed by atoms with van der Waals surface area (Å²) in [4.78, 5) is 10.2. The fourth-order valence-electron chi connectivity index (χ4n) is 2.53. The van der Waals surface area contributed by atoms with Crippen molar-refractivity contribution in [3.05, 3.63) is 33.9 Å². The molecule has 8 heteroatoms. The standard InChI is InChI=1S/C13H19N3O4S/c1-9-6-7-10(8-13(9)16(17)18)21(19,20)15-12-5-3-2-4-11(12)14/h6-8,11-12,15H,2-5,14H2,1H3/t11-,12-/m1/s1. The van der Waals surface area contributed by atoms with Crippen molar-refractivity contribution in [3.8, 4) is 0 Å². The van der Waals surface area contributed by atoms with Crippen LogP contribution in [-0.4, -0.2) is 25.4 Å². The molecule has 1 saturated carbocycles. The third kappa shape index (κ3) is 3.58. The molecule has 0 radical (unpaired) electrons. The molecule has 0 aromatic heterocycles. The molecule has 1 aliphatic carbocycles. The zero-order chi connectivity index (χ0) is 15.6. The molecule has 0 aliphatic heterocycles. The van der Waals surface area contributed by atoms with Crippen LogP contribution in [-0.2, 0) is 10.0 Å². The third-order valence-electron chi connectivity index (χ3n) is 3.81. The molecule has 7 nitrogen and oxygen atoms in total. The van der Waals surface area contributed by atoms with Crippen LogP contribution >= 0.6 is 0 Å². The van der Waals surface area contributed by atoms with Crippen molar-refractivity contribution in [2.45, 2.75) is 49.6 Å². The van der Waals surface area contributed by atoms with Gasteiger partial charge < -0.3 is 5.73 Å². The summed E-state index contributed by atoms with van der Waals surface area (Å²) < 4.78 is 27.3. The summed E-state index contributed by atoms with van der Waals surface area (Å²) in [6, 6.07) is 3.37. The molecule has 0 amide bonds. The normalized spacial score (nSPS) is 23.0. The van der Waals surface area contributed by atoms with Gasteiger partial charge in [0.1, 0.15) is 0 Å². The lowest BCUT2D eigenvalue weighted by atomic mass is 9.92. The molecule has 0 spiro atoms. The maximum atomic E-state index is 12.3. The van der Waals surface area contributed by atoms with E-state index in [0.29, 0.717) is 12.0 Å². The minimum atomic E-state index is -3.80. The monoisotopic (exact) mass is 313 g/mol. The summed E-state index contributed by atoms with van der Waals surface area (Å²) in [5.41, 5.74) is 6.15. The largest absolute Gasteiger partial charge is 0.326 e. The van der Waals surface area contributed by atoms with Gasteiger partial charge in [-0.2, -0.15) is 0 Å². The highest BCUT2D eigenvalue weighted by Crippen LogP contribution is 2.24. The molecule has 1 aliphatic rings. The Morgan fingerprint density at radius 3 is 2.62 bits per heavy atom. The lowest BCUT2D eigenvalue weighted by Crippen LogP contribution is -2.49. The molecule has 0 saturated heterocycles. The van der Waals surface area contributed by atoms with Crippen LogP contribution in [0.2, 0.25) is 0 Å². The van der Waals surface area contributed by atoms with Crippen molar-refractivity contribution >= 4 is 15.7 Å². The van der Waals surface area contributed by atoms with E-state index in [2.05, 4.69) is 4.72 Å². The van der Waals surface area contributed by atoms with Gasteiger partial charge in [0.25, 0.3) is 5.69 Å². The van der Waals surface area contributed by atoms with E-state index in [0.717, 1.165) is 25.3 Å². The molecule has 0 heterocycles. The van der Waals surface area contributed by atoms with Gasteiger partial charge in [-0.15, -0.1) is 0 Å². The van der Waals surface area contributed by atoms with Gasteiger partial charge in [0, 0.05) is 23.7 Å². The fourth-order valence-corrected chi connectivity index (χ4v) is 3.87. The van der Waals surface area contributed by atoms with Crippen molar-refractivity contribution in [3.63, 3.8) is 0 Å². The first-order valence-corrected chi connectivity index (χ1v) is 8.32. The second kappa shape index (κ2) is 6.08. The lowest BCUT2D eigenvalue weighted by Gasteiger charge is -2.29. The van der Waals surface area contributed by atoms with E-state index in [1.807, 2.05) is 0 Å². The van der Waals surface area contributed by atoms with E-state index >= 15 is 0 Å². The number of hydrogen-bond donors (Lipinski definition) is 2. The SMILES string of the molecule is Cc1ccc(S(=O)(=O)N[C@@H]2CCCC[C@H]2N)cc1[N+](=O)[O-].